The van der Waals surface area contributed by atoms with Gasteiger partial charge in [-0.05, 0) is 30.7 Å². The number of pyridine rings is 1. The summed E-state index contributed by atoms with van der Waals surface area (Å²) in [5.41, 5.74) is 1.74. The van der Waals surface area contributed by atoms with E-state index in [1.165, 1.54) is 18.3 Å². The average molecular weight is 306 g/mol. The number of rotatable bonds is 4. The van der Waals surface area contributed by atoms with Gasteiger partial charge in [0.05, 0.1) is 17.1 Å². The van der Waals surface area contributed by atoms with Crippen LogP contribution >= 0.6 is 0 Å². The Kier molecular flexibility index (Phi) is 4.35. The molecule has 0 amide bonds. The average Bonchev–Trinajstić information content (AvgIpc) is 2.47. The van der Waals surface area contributed by atoms with Gasteiger partial charge >= 0.3 is 5.97 Å². The number of nitrogens with zero attached hydrogens (tertiary/aromatic N) is 1. The van der Waals surface area contributed by atoms with Crippen LogP contribution in [0.15, 0.2) is 47.6 Å². The molecule has 21 heavy (non-hydrogen) atoms. The molecule has 1 heterocycles. The lowest BCUT2D eigenvalue weighted by molar-refractivity contribution is 0.0526. The van der Waals surface area contributed by atoms with Crippen LogP contribution in [-0.4, -0.2) is 26.0 Å². The van der Waals surface area contributed by atoms with Crippen LogP contribution in [-0.2, 0) is 14.8 Å². The zero-order chi connectivity index (χ0) is 15.5. The molecule has 0 radical (unpaired) electrons. The zero-order valence-electron chi connectivity index (χ0n) is 11.3. The Balaban J connectivity index is 2.34. The third-order valence-electron chi connectivity index (χ3n) is 2.77. The first-order chi connectivity index (χ1) is 9.91. The van der Waals surface area contributed by atoms with E-state index in [2.05, 4.69) is 4.98 Å². The Hall–Kier alpha value is -2.25. The van der Waals surface area contributed by atoms with E-state index in [1.807, 2.05) is 0 Å². The number of ether oxygens (including phenoxy) is 1. The molecule has 2 aromatic rings. The van der Waals surface area contributed by atoms with Crippen LogP contribution in [0.4, 0.5) is 0 Å². The number of carbonyl (C=O) groups is 1. The van der Waals surface area contributed by atoms with E-state index in [0.717, 1.165) is 5.56 Å². The van der Waals surface area contributed by atoms with E-state index >= 15 is 0 Å². The van der Waals surface area contributed by atoms with Gasteiger partial charge in [0.1, 0.15) is 0 Å². The van der Waals surface area contributed by atoms with Crippen molar-refractivity contribution in [2.24, 2.45) is 5.14 Å². The monoisotopic (exact) mass is 306 g/mol. The van der Waals surface area contributed by atoms with Crippen molar-refractivity contribution in [3.63, 3.8) is 0 Å². The number of hydrogen-bond acceptors (Lipinski definition) is 5. The summed E-state index contributed by atoms with van der Waals surface area (Å²) in [7, 11) is -3.72. The number of aromatic nitrogens is 1. The fourth-order valence-corrected chi connectivity index (χ4v) is 2.28. The summed E-state index contributed by atoms with van der Waals surface area (Å²) >= 11 is 0. The minimum atomic E-state index is -3.72. The molecule has 0 aliphatic carbocycles. The molecular weight excluding hydrogens is 292 g/mol. The van der Waals surface area contributed by atoms with Crippen LogP contribution in [0.3, 0.4) is 0 Å². The van der Waals surface area contributed by atoms with Crippen LogP contribution in [0.5, 0.6) is 0 Å². The van der Waals surface area contributed by atoms with Crippen molar-refractivity contribution in [3.8, 4) is 11.1 Å². The molecule has 0 unspecified atom stereocenters. The van der Waals surface area contributed by atoms with Crippen molar-refractivity contribution in [3.05, 3.63) is 48.3 Å². The number of carbonyl (C=O) groups excluding carboxylic acids is 1. The standard InChI is InChI=1S/C14H14N2O4S/c1-2-20-14(17)12-7-11(8-16-9-12)10-3-5-13(6-4-10)21(15,18)19/h3-9H,2H2,1H3,(H2,15,18,19). The van der Waals surface area contributed by atoms with Gasteiger partial charge in [0.2, 0.25) is 10.0 Å². The lowest BCUT2D eigenvalue weighted by Gasteiger charge is -2.05. The maximum atomic E-state index is 11.7. The molecule has 2 N–H and O–H groups in total. The third kappa shape index (κ3) is 3.65. The van der Waals surface area contributed by atoms with E-state index in [9.17, 15) is 13.2 Å². The first-order valence-corrected chi connectivity index (χ1v) is 7.72. The van der Waals surface area contributed by atoms with Gasteiger partial charge in [-0.1, -0.05) is 12.1 Å². The van der Waals surface area contributed by atoms with E-state index in [0.29, 0.717) is 11.1 Å². The Labute approximate surface area is 122 Å². The Morgan fingerprint density at radius 3 is 2.43 bits per heavy atom. The Morgan fingerprint density at radius 1 is 1.19 bits per heavy atom. The number of benzene rings is 1. The van der Waals surface area contributed by atoms with Crippen LogP contribution in [0.2, 0.25) is 0 Å². The zero-order valence-corrected chi connectivity index (χ0v) is 12.1. The number of nitrogens with two attached hydrogens (primary N) is 1. The van der Waals surface area contributed by atoms with Gasteiger partial charge in [0.15, 0.2) is 0 Å². The lowest BCUT2D eigenvalue weighted by Crippen LogP contribution is -2.11. The van der Waals surface area contributed by atoms with Gasteiger partial charge in [0.25, 0.3) is 0 Å². The first-order valence-electron chi connectivity index (χ1n) is 6.17. The Bertz CT molecular complexity index is 755. The van der Waals surface area contributed by atoms with E-state index in [4.69, 9.17) is 9.88 Å². The van der Waals surface area contributed by atoms with Gasteiger partial charge in [-0.3, -0.25) is 4.98 Å². The molecule has 0 aliphatic rings. The fourth-order valence-electron chi connectivity index (χ4n) is 1.76. The molecule has 0 saturated heterocycles. The van der Waals surface area contributed by atoms with Crippen molar-refractivity contribution in [2.45, 2.75) is 11.8 Å². The molecule has 110 valence electrons. The second-order valence-corrected chi connectivity index (χ2v) is 5.81. The molecular formula is C14H14N2O4S. The van der Waals surface area contributed by atoms with Crippen LogP contribution in [0.1, 0.15) is 17.3 Å². The van der Waals surface area contributed by atoms with Crippen LogP contribution in [0, 0.1) is 0 Å². The summed E-state index contributed by atoms with van der Waals surface area (Å²) in [6.07, 6.45) is 2.99. The quantitative estimate of drug-likeness (QED) is 0.864. The summed E-state index contributed by atoms with van der Waals surface area (Å²) in [6.45, 7) is 2.01. The van der Waals surface area contributed by atoms with Gasteiger partial charge in [0, 0.05) is 18.0 Å². The molecule has 0 saturated carbocycles. The summed E-state index contributed by atoms with van der Waals surface area (Å²) in [4.78, 5) is 15.7. The molecule has 0 aliphatic heterocycles. The second kappa shape index (κ2) is 6.02. The second-order valence-electron chi connectivity index (χ2n) is 4.25. The molecule has 1 aromatic carbocycles. The van der Waals surface area contributed by atoms with Gasteiger partial charge < -0.3 is 4.74 Å². The number of hydrogen-bond donors (Lipinski definition) is 1. The number of esters is 1. The van der Waals surface area contributed by atoms with Crippen molar-refractivity contribution in [2.75, 3.05) is 6.61 Å². The molecule has 7 heteroatoms. The summed E-state index contributed by atoms with van der Waals surface area (Å²) in [5, 5.41) is 5.04. The predicted octanol–water partition coefficient (Wildman–Crippen LogP) is 1.57. The van der Waals surface area contributed by atoms with Crippen molar-refractivity contribution < 1.29 is 17.9 Å². The third-order valence-corrected chi connectivity index (χ3v) is 3.69. The molecule has 2 rings (SSSR count). The molecule has 6 nitrogen and oxygen atoms in total. The van der Waals surface area contributed by atoms with E-state index in [1.54, 1.807) is 31.3 Å². The highest BCUT2D eigenvalue weighted by molar-refractivity contribution is 7.89. The molecule has 0 fully saturated rings. The summed E-state index contributed by atoms with van der Waals surface area (Å²) in [6, 6.07) is 7.65. The first kappa shape index (κ1) is 15.1. The number of sulfonamides is 1. The molecule has 0 bridgehead atoms. The van der Waals surface area contributed by atoms with E-state index in [-0.39, 0.29) is 11.5 Å². The predicted molar refractivity (Wildman–Crippen MR) is 77.0 cm³/mol. The number of primary sulfonamides is 1. The van der Waals surface area contributed by atoms with Gasteiger partial charge in [-0.25, -0.2) is 18.4 Å². The van der Waals surface area contributed by atoms with Crippen molar-refractivity contribution >= 4 is 16.0 Å². The minimum Gasteiger partial charge on any atom is -0.462 e. The minimum absolute atomic E-state index is 0.0285. The van der Waals surface area contributed by atoms with Gasteiger partial charge in [-0.15, -0.1) is 0 Å². The highest BCUT2D eigenvalue weighted by atomic mass is 32.2. The normalized spacial score (nSPS) is 11.1. The summed E-state index contributed by atoms with van der Waals surface area (Å²) in [5.74, 6) is -0.451. The summed E-state index contributed by atoms with van der Waals surface area (Å²) < 4.78 is 27.3. The van der Waals surface area contributed by atoms with Crippen molar-refractivity contribution in [1.29, 1.82) is 0 Å². The smallest absolute Gasteiger partial charge is 0.339 e. The Morgan fingerprint density at radius 2 is 1.86 bits per heavy atom. The molecule has 0 atom stereocenters. The maximum absolute atomic E-state index is 11.7. The van der Waals surface area contributed by atoms with E-state index < -0.39 is 16.0 Å². The highest BCUT2D eigenvalue weighted by Crippen LogP contribution is 2.21. The molecule has 1 aromatic heterocycles. The maximum Gasteiger partial charge on any atom is 0.339 e. The fraction of sp³-hybridized carbons (Fsp3) is 0.143. The van der Waals surface area contributed by atoms with Crippen LogP contribution in [0.25, 0.3) is 11.1 Å². The lowest BCUT2D eigenvalue weighted by atomic mass is 10.1. The van der Waals surface area contributed by atoms with Crippen LogP contribution < -0.4 is 5.14 Å². The SMILES string of the molecule is CCOC(=O)c1cncc(-c2ccc(S(N)(=O)=O)cc2)c1. The van der Waals surface area contributed by atoms with Crippen molar-refractivity contribution in [1.82, 2.24) is 4.98 Å². The molecule has 0 spiro atoms. The topological polar surface area (TPSA) is 99.3 Å². The largest absolute Gasteiger partial charge is 0.462 e. The highest BCUT2D eigenvalue weighted by Gasteiger charge is 2.10. The van der Waals surface area contributed by atoms with Gasteiger partial charge in [-0.2, -0.15) is 0 Å².